The van der Waals surface area contributed by atoms with E-state index in [0.717, 1.165) is 24.8 Å². The van der Waals surface area contributed by atoms with Crippen LogP contribution in [0.5, 0.6) is 0 Å². The molecule has 0 aromatic heterocycles. The minimum atomic E-state index is -0.724. The van der Waals surface area contributed by atoms with Crippen molar-refractivity contribution in [2.45, 2.75) is 130 Å². The Kier molecular flexibility index (Phi) is 19.2. The highest BCUT2D eigenvalue weighted by Gasteiger charge is 2.41. The Hall–Kier alpha value is -2.63. The van der Waals surface area contributed by atoms with Gasteiger partial charge in [-0.25, -0.2) is 0 Å². The number of thioether (sulfide) groups is 1. The van der Waals surface area contributed by atoms with Crippen molar-refractivity contribution in [3.8, 4) is 0 Å². The Balaban J connectivity index is 2.27. The Morgan fingerprint density at radius 1 is 0.962 bits per heavy atom. The van der Waals surface area contributed by atoms with Gasteiger partial charge in [0, 0.05) is 51.5 Å². The number of carbonyl (C=O) groups excluding carboxylic acids is 4. The van der Waals surface area contributed by atoms with E-state index in [0.29, 0.717) is 32.0 Å². The van der Waals surface area contributed by atoms with Gasteiger partial charge in [0.25, 0.3) is 0 Å². The van der Waals surface area contributed by atoms with Gasteiger partial charge >= 0.3 is 0 Å². The summed E-state index contributed by atoms with van der Waals surface area (Å²) < 4.78 is 6.07. The zero-order chi connectivity index (χ0) is 39.3. The molecule has 0 spiro atoms. The van der Waals surface area contributed by atoms with Gasteiger partial charge < -0.3 is 24.8 Å². The molecule has 1 aliphatic heterocycles. The molecule has 1 N–H and O–H groups in total. The predicted octanol–water partition coefficient (Wildman–Crippen LogP) is 5.79. The van der Waals surface area contributed by atoms with Gasteiger partial charge in [-0.2, -0.15) is 11.8 Å². The lowest BCUT2D eigenvalue weighted by molar-refractivity contribution is -0.146. The molecule has 52 heavy (non-hydrogen) atoms. The average Bonchev–Trinajstić information content (AvgIpc) is 3.58. The summed E-state index contributed by atoms with van der Waals surface area (Å²) in [5, 5.41) is 3.03. The molecule has 2 rings (SSSR count). The highest BCUT2D eigenvalue weighted by Crippen LogP contribution is 2.32. The number of ether oxygens (including phenoxy) is 1. The summed E-state index contributed by atoms with van der Waals surface area (Å²) in [5.74, 6) is 0.0232. The van der Waals surface area contributed by atoms with Crippen LogP contribution in [0, 0.1) is 23.7 Å². The summed E-state index contributed by atoms with van der Waals surface area (Å²) in [4.78, 5) is 63.3. The van der Waals surface area contributed by atoms with E-state index in [4.69, 9.17) is 4.74 Å². The third-order valence-electron chi connectivity index (χ3n) is 10.6. The summed E-state index contributed by atoms with van der Waals surface area (Å²) in [5.41, 5.74) is 1.11. The second-order valence-corrected chi connectivity index (χ2v) is 17.2. The van der Waals surface area contributed by atoms with E-state index in [9.17, 15) is 19.2 Å². The summed E-state index contributed by atoms with van der Waals surface area (Å²) >= 11 is 1.66. The smallest absolute Gasteiger partial charge is 0.245 e. The molecule has 296 valence electrons. The molecule has 1 aromatic rings. The van der Waals surface area contributed by atoms with Crippen LogP contribution in [0.1, 0.15) is 93.1 Å². The average molecular weight is 746 g/mol. The number of nitrogens with one attached hydrogen (secondary N) is 1. The Morgan fingerprint density at radius 3 is 2.10 bits per heavy atom. The molecular weight excluding hydrogens is 675 g/mol. The van der Waals surface area contributed by atoms with Crippen molar-refractivity contribution < 1.29 is 23.9 Å². The lowest BCUT2D eigenvalue weighted by Gasteiger charge is -2.41. The summed E-state index contributed by atoms with van der Waals surface area (Å²) in [6.45, 7) is 18.2. The van der Waals surface area contributed by atoms with E-state index in [2.05, 4.69) is 45.1 Å². The molecular formula is C41H71N5O5S. The summed E-state index contributed by atoms with van der Waals surface area (Å²) in [7, 11) is 7.13. The molecule has 4 amide bonds. The summed E-state index contributed by atoms with van der Waals surface area (Å²) in [6, 6.07) is 8.56. The van der Waals surface area contributed by atoms with Crippen molar-refractivity contribution >= 4 is 35.4 Å². The quantitative estimate of drug-likeness (QED) is 0.170. The zero-order valence-electron chi connectivity index (χ0n) is 34.6. The number of hydrogen-bond acceptors (Lipinski definition) is 7. The van der Waals surface area contributed by atoms with Crippen molar-refractivity contribution in [2.24, 2.45) is 23.7 Å². The van der Waals surface area contributed by atoms with Crippen LogP contribution in [0.25, 0.3) is 0 Å². The Labute approximate surface area is 320 Å². The maximum atomic E-state index is 14.2. The van der Waals surface area contributed by atoms with Crippen LogP contribution < -0.4 is 5.32 Å². The van der Waals surface area contributed by atoms with E-state index in [-0.39, 0.29) is 71.2 Å². The second-order valence-electron chi connectivity index (χ2n) is 16.1. The standard InChI is InChI=1S/C41H71N5O5S/c1-14-30(8)39(44(11)41(50)37(28(4)5)42-40(49)38(29(6)7)43(9)10)33(51-12)23-36(48)46-22-18-21-32(46)34(52-13)24-35(47)45(25-27(2)3)26-31-19-16-15-17-20-31/h15-17,19-20,27-30,32-34,37-39H,14,18,21-26H2,1-13H3,(H,42,49). The molecule has 0 saturated carbocycles. The normalized spacial score (nSPS) is 18.3. The monoisotopic (exact) mass is 746 g/mol. The van der Waals surface area contributed by atoms with Crippen LogP contribution in [-0.4, -0.2) is 126 Å². The molecule has 1 fully saturated rings. The maximum Gasteiger partial charge on any atom is 0.245 e. The van der Waals surface area contributed by atoms with Gasteiger partial charge in [-0.05, 0) is 62.4 Å². The van der Waals surface area contributed by atoms with E-state index < -0.39 is 12.1 Å². The van der Waals surface area contributed by atoms with Gasteiger partial charge in [-0.15, -0.1) is 0 Å². The first-order valence-electron chi connectivity index (χ1n) is 19.4. The van der Waals surface area contributed by atoms with Crippen LogP contribution in [0.4, 0.5) is 0 Å². The van der Waals surface area contributed by atoms with Crippen LogP contribution in [0.3, 0.4) is 0 Å². The number of nitrogens with zero attached hydrogens (tertiary/aromatic N) is 4. The Bertz CT molecular complexity index is 1250. The number of benzene rings is 1. The van der Waals surface area contributed by atoms with Crippen LogP contribution in [0.15, 0.2) is 30.3 Å². The minimum Gasteiger partial charge on any atom is -0.379 e. The molecule has 1 aromatic carbocycles. The second kappa shape index (κ2) is 21.9. The van der Waals surface area contributed by atoms with Gasteiger partial charge in [0.2, 0.25) is 23.6 Å². The molecule has 11 heteroatoms. The number of likely N-dealkylation sites (N-methyl/N-ethyl adjacent to an activating group) is 2. The van der Waals surface area contributed by atoms with E-state index >= 15 is 0 Å². The largest absolute Gasteiger partial charge is 0.379 e. The van der Waals surface area contributed by atoms with Crippen molar-refractivity contribution in [1.82, 2.24) is 24.9 Å². The zero-order valence-corrected chi connectivity index (χ0v) is 35.4. The highest BCUT2D eigenvalue weighted by atomic mass is 32.2. The number of likely N-dealkylation sites (tertiary alicyclic amines) is 1. The van der Waals surface area contributed by atoms with Crippen LogP contribution in [0.2, 0.25) is 0 Å². The maximum absolute atomic E-state index is 14.2. The van der Waals surface area contributed by atoms with Crippen molar-refractivity contribution in [2.75, 3.05) is 47.6 Å². The molecule has 7 unspecified atom stereocenters. The molecule has 1 saturated heterocycles. The fourth-order valence-corrected chi connectivity index (χ4v) is 8.70. The lowest BCUT2D eigenvalue weighted by atomic mass is 9.89. The third kappa shape index (κ3) is 12.8. The molecule has 0 aliphatic carbocycles. The number of amides is 4. The number of carbonyl (C=O) groups is 4. The topological polar surface area (TPSA) is 103 Å². The summed E-state index contributed by atoms with van der Waals surface area (Å²) in [6.07, 6.45) is 4.48. The fraction of sp³-hybridized carbons (Fsp3) is 0.756. The van der Waals surface area contributed by atoms with Crippen molar-refractivity contribution in [1.29, 1.82) is 0 Å². The SMILES string of the molecule is CCC(C)C(C(CC(=O)N1CCCC1C(CC(=O)N(Cc1ccccc1)CC(C)C)SC)OC)N(C)C(=O)C(NC(=O)C(C(C)C)N(C)C)C(C)C. The predicted molar refractivity (Wildman–Crippen MR) is 214 cm³/mol. The molecule has 1 aliphatic rings. The highest BCUT2D eigenvalue weighted by molar-refractivity contribution is 7.99. The number of methoxy groups -OCH3 is 1. The van der Waals surface area contributed by atoms with E-state index in [1.54, 1.807) is 30.8 Å². The van der Waals surface area contributed by atoms with Crippen molar-refractivity contribution in [3.05, 3.63) is 35.9 Å². The molecule has 10 nitrogen and oxygen atoms in total. The first-order chi connectivity index (χ1) is 24.5. The van der Waals surface area contributed by atoms with Crippen molar-refractivity contribution in [3.63, 3.8) is 0 Å². The molecule has 1 heterocycles. The van der Waals surface area contributed by atoms with Gasteiger partial charge in [-0.3, -0.25) is 24.1 Å². The van der Waals surface area contributed by atoms with Gasteiger partial charge in [0.15, 0.2) is 0 Å². The van der Waals surface area contributed by atoms with E-state index in [1.165, 1.54) is 0 Å². The number of hydrogen-bond donors (Lipinski definition) is 1. The van der Waals surface area contributed by atoms with Crippen LogP contribution in [-0.2, 0) is 30.5 Å². The Morgan fingerprint density at radius 2 is 1.60 bits per heavy atom. The van der Waals surface area contributed by atoms with E-state index in [1.807, 2.05) is 80.9 Å². The minimum absolute atomic E-state index is 0.0159. The molecule has 0 radical (unpaired) electrons. The first kappa shape index (κ1) is 45.5. The van der Waals surface area contributed by atoms with Crippen LogP contribution >= 0.6 is 11.8 Å². The number of rotatable bonds is 21. The first-order valence-corrected chi connectivity index (χ1v) is 20.7. The van der Waals surface area contributed by atoms with Gasteiger partial charge in [0.1, 0.15) is 6.04 Å². The molecule has 0 bridgehead atoms. The lowest BCUT2D eigenvalue weighted by Crippen LogP contribution is -2.59. The van der Waals surface area contributed by atoms with Gasteiger partial charge in [-0.1, -0.05) is 92.1 Å². The van der Waals surface area contributed by atoms with Gasteiger partial charge in [0.05, 0.1) is 24.6 Å². The third-order valence-corrected chi connectivity index (χ3v) is 11.7. The fourth-order valence-electron chi connectivity index (χ4n) is 7.79. The molecule has 7 atom stereocenters.